The molecule has 0 aliphatic rings. The third-order valence-electron chi connectivity index (χ3n) is 4.59. The van der Waals surface area contributed by atoms with Crippen molar-refractivity contribution < 1.29 is 4.79 Å². The molecule has 0 spiro atoms. The third kappa shape index (κ3) is 3.54. The van der Waals surface area contributed by atoms with Gasteiger partial charge in [0.15, 0.2) is 5.13 Å². The lowest BCUT2D eigenvalue weighted by molar-refractivity contribution is 0.102. The average molecular weight is 427 g/mol. The van der Waals surface area contributed by atoms with E-state index in [-0.39, 0.29) is 5.91 Å². The molecule has 0 unspecified atom stereocenters. The number of aryl methyl sites for hydroxylation is 3. The van der Waals surface area contributed by atoms with Gasteiger partial charge >= 0.3 is 11.1 Å². The van der Waals surface area contributed by atoms with Crippen molar-refractivity contribution in [3.63, 3.8) is 0 Å². The number of nitrogens with one attached hydrogen (secondary N) is 2. The first-order valence-corrected chi connectivity index (χ1v) is 10.7. The van der Waals surface area contributed by atoms with Gasteiger partial charge in [-0.15, -0.1) is 22.7 Å². The second-order valence-corrected chi connectivity index (χ2v) is 8.87. The van der Waals surface area contributed by atoms with Gasteiger partial charge in [-0.05, 0) is 45.0 Å². The van der Waals surface area contributed by atoms with Gasteiger partial charge in [0, 0.05) is 32.8 Å². The molecule has 29 heavy (non-hydrogen) atoms. The zero-order chi connectivity index (χ0) is 20.7. The van der Waals surface area contributed by atoms with E-state index in [4.69, 9.17) is 0 Å². The summed E-state index contributed by atoms with van der Waals surface area (Å²) in [6.07, 6.45) is 0. The average Bonchev–Trinajstić information content (AvgIpc) is 3.28. The number of hydrogen-bond donors (Lipinski definition) is 2. The predicted octanol–water partition coefficient (Wildman–Crippen LogP) is 3.76. The number of anilines is 1. The molecule has 3 aromatic heterocycles. The number of H-pyrrole nitrogens is 1. The predicted molar refractivity (Wildman–Crippen MR) is 117 cm³/mol. The standard InChI is InChI=1S/C20H18N4O3S2/c1-4-24-16-6-5-12(8-14(16)21-18(26)19(24)27)17(25)23-20-22-15(9-28-20)13-7-10(2)29-11(13)3/h5-9H,4H2,1-3H3,(H,21,26)(H,22,23,25). The van der Waals surface area contributed by atoms with Gasteiger partial charge in [0.25, 0.3) is 5.91 Å². The Kier molecular flexibility index (Phi) is 4.93. The van der Waals surface area contributed by atoms with Crippen molar-refractivity contribution in [3.05, 3.63) is 65.7 Å². The molecule has 148 valence electrons. The Hall–Kier alpha value is -3.04. The fourth-order valence-electron chi connectivity index (χ4n) is 3.24. The van der Waals surface area contributed by atoms with E-state index in [0.29, 0.717) is 28.3 Å². The highest BCUT2D eigenvalue weighted by Crippen LogP contribution is 2.32. The number of amides is 1. The van der Waals surface area contributed by atoms with Gasteiger partial charge in [-0.3, -0.25) is 19.7 Å². The topological polar surface area (TPSA) is 96.9 Å². The second kappa shape index (κ2) is 7.41. The highest BCUT2D eigenvalue weighted by atomic mass is 32.1. The summed E-state index contributed by atoms with van der Waals surface area (Å²) in [6, 6.07) is 6.95. The summed E-state index contributed by atoms with van der Waals surface area (Å²) in [5.41, 5.74) is 1.98. The number of carbonyl (C=O) groups excluding carboxylic acids is 1. The summed E-state index contributed by atoms with van der Waals surface area (Å²) in [7, 11) is 0. The van der Waals surface area contributed by atoms with Crippen LogP contribution in [0.1, 0.15) is 27.0 Å². The van der Waals surface area contributed by atoms with Crippen molar-refractivity contribution in [2.24, 2.45) is 0 Å². The van der Waals surface area contributed by atoms with Gasteiger partial charge in [0.2, 0.25) is 0 Å². The third-order valence-corrected chi connectivity index (χ3v) is 6.32. The summed E-state index contributed by atoms with van der Waals surface area (Å²) in [6.45, 7) is 6.26. The summed E-state index contributed by atoms with van der Waals surface area (Å²) in [5, 5.41) is 5.22. The van der Waals surface area contributed by atoms with Crippen LogP contribution in [-0.4, -0.2) is 20.4 Å². The maximum Gasteiger partial charge on any atom is 0.316 e. The number of aromatic nitrogens is 3. The van der Waals surface area contributed by atoms with E-state index in [2.05, 4.69) is 35.2 Å². The molecular formula is C20H18N4O3S2. The molecule has 4 rings (SSSR count). The van der Waals surface area contributed by atoms with Crippen LogP contribution in [0, 0.1) is 13.8 Å². The Balaban J connectivity index is 1.63. The summed E-state index contributed by atoms with van der Waals surface area (Å²) < 4.78 is 1.38. The van der Waals surface area contributed by atoms with Gasteiger partial charge in [-0.25, -0.2) is 4.98 Å². The maximum atomic E-state index is 12.7. The molecule has 2 N–H and O–H groups in total. The first-order valence-electron chi connectivity index (χ1n) is 8.98. The molecule has 1 amide bonds. The maximum absolute atomic E-state index is 12.7. The Morgan fingerprint density at radius 2 is 2.03 bits per heavy atom. The molecule has 0 saturated carbocycles. The minimum atomic E-state index is -0.706. The van der Waals surface area contributed by atoms with Crippen LogP contribution < -0.4 is 16.4 Å². The Bertz CT molecular complexity index is 1360. The van der Waals surface area contributed by atoms with Gasteiger partial charge in [-0.2, -0.15) is 0 Å². The summed E-state index contributed by atoms with van der Waals surface area (Å²) in [4.78, 5) is 46.0. The molecule has 0 fully saturated rings. The fraction of sp³-hybridized carbons (Fsp3) is 0.200. The molecule has 3 heterocycles. The quantitative estimate of drug-likeness (QED) is 0.486. The molecule has 0 aliphatic heterocycles. The summed E-state index contributed by atoms with van der Waals surface area (Å²) >= 11 is 3.07. The van der Waals surface area contributed by atoms with Gasteiger partial charge in [0.1, 0.15) is 0 Å². The number of fused-ring (bicyclic) bond motifs is 1. The van der Waals surface area contributed by atoms with E-state index < -0.39 is 11.1 Å². The van der Waals surface area contributed by atoms with Crippen LogP contribution in [0.15, 0.2) is 39.2 Å². The Morgan fingerprint density at radius 1 is 1.24 bits per heavy atom. The zero-order valence-electron chi connectivity index (χ0n) is 16.0. The van der Waals surface area contributed by atoms with E-state index >= 15 is 0 Å². The van der Waals surface area contributed by atoms with Gasteiger partial charge < -0.3 is 9.55 Å². The minimum Gasteiger partial charge on any atom is -0.316 e. The van der Waals surface area contributed by atoms with Crippen LogP contribution in [0.4, 0.5) is 5.13 Å². The van der Waals surface area contributed by atoms with Crippen LogP contribution in [0.5, 0.6) is 0 Å². The van der Waals surface area contributed by atoms with E-state index in [0.717, 1.165) is 11.3 Å². The van der Waals surface area contributed by atoms with Crippen molar-refractivity contribution in [1.82, 2.24) is 14.5 Å². The molecule has 0 bridgehead atoms. The SMILES string of the molecule is CCn1c(=O)c(=O)[nH]c2cc(C(=O)Nc3nc(-c4cc(C)sc4C)cs3)ccc21. The molecular weight excluding hydrogens is 408 g/mol. The van der Waals surface area contributed by atoms with E-state index in [1.165, 1.54) is 25.7 Å². The van der Waals surface area contributed by atoms with E-state index in [1.54, 1.807) is 36.5 Å². The largest absolute Gasteiger partial charge is 0.316 e. The fourth-order valence-corrected chi connectivity index (χ4v) is 4.88. The number of thiazole rings is 1. The van der Waals surface area contributed by atoms with Gasteiger partial charge in [-0.1, -0.05) is 0 Å². The Labute approximate surface area is 173 Å². The number of thiophene rings is 1. The van der Waals surface area contributed by atoms with E-state index in [9.17, 15) is 14.4 Å². The second-order valence-electron chi connectivity index (χ2n) is 6.55. The lowest BCUT2D eigenvalue weighted by Gasteiger charge is -2.08. The highest BCUT2D eigenvalue weighted by Gasteiger charge is 2.14. The molecule has 0 radical (unpaired) electrons. The number of benzene rings is 1. The van der Waals surface area contributed by atoms with Gasteiger partial charge in [0.05, 0.1) is 16.7 Å². The molecule has 0 aliphatic carbocycles. The number of nitrogens with zero attached hydrogens (tertiary/aromatic N) is 2. The molecule has 9 heteroatoms. The van der Waals surface area contributed by atoms with Crippen LogP contribution >= 0.6 is 22.7 Å². The van der Waals surface area contributed by atoms with Crippen molar-refractivity contribution in [3.8, 4) is 11.3 Å². The lowest BCUT2D eigenvalue weighted by atomic mass is 10.1. The van der Waals surface area contributed by atoms with Crippen molar-refractivity contribution in [2.75, 3.05) is 5.32 Å². The van der Waals surface area contributed by atoms with Crippen molar-refractivity contribution in [2.45, 2.75) is 27.3 Å². The molecule has 0 atom stereocenters. The van der Waals surface area contributed by atoms with E-state index in [1.807, 2.05) is 5.38 Å². The number of aromatic amines is 1. The van der Waals surface area contributed by atoms with Crippen molar-refractivity contribution in [1.29, 1.82) is 0 Å². The number of hydrogen-bond acceptors (Lipinski definition) is 6. The number of rotatable bonds is 4. The first-order chi connectivity index (χ1) is 13.9. The smallest absolute Gasteiger partial charge is 0.316 e. The molecule has 0 saturated heterocycles. The number of carbonyl (C=O) groups is 1. The minimum absolute atomic E-state index is 0.332. The summed E-state index contributed by atoms with van der Waals surface area (Å²) in [5.74, 6) is -0.332. The first kappa shape index (κ1) is 19.3. The normalized spacial score (nSPS) is 11.1. The molecule has 7 nitrogen and oxygen atoms in total. The van der Waals surface area contributed by atoms with Crippen LogP contribution in [0.25, 0.3) is 22.3 Å². The van der Waals surface area contributed by atoms with Crippen LogP contribution in [0.3, 0.4) is 0 Å². The van der Waals surface area contributed by atoms with Crippen LogP contribution in [-0.2, 0) is 6.54 Å². The zero-order valence-corrected chi connectivity index (χ0v) is 17.7. The molecule has 4 aromatic rings. The lowest BCUT2D eigenvalue weighted by Crippen LogP contribution is -2.36. The van der Waals surface area contributed by atoms with Crippen LogP contribution in [0.2, 0.25) is 0 Å². The Morgan fingerprint density at radius 3 is 2.72 bits per heavy atom. The molecule has 1 aromatic carbocycles. The monoisotopic (exact) mass is 426 g/mol. The van der Waals surface area contributed by atoms with Crippen molar-refractivity contribution >= 4 is 44.7 Å². The highest BCUT2D eigenvalue weighted by molar-refractivity contribution is 7.14.